The van der Waals surface area contributed by atoms with Gasteiger partial charge in [-0.2, -0.15) is 13.2 Å². The van der Waals surface area contributed by atoms with Crippen LogP contribution in [0.15, 0.2) is 23.0 Å². The van der Waals surface area contributed by atoms with E-state index in [-0.39, 0.29) is 5.56 Å². The number of hydrogen-bond acceptors (Lipinski definition) is 2. The van der Waals surface area contributed by atoms with Gasteiger partial charge in [0.15, 0.2) is 0 Å². The second-order valence-corrected chi connectivity index (χ2v) is 3.72. The van der Waals surface area contributed by atoms with Crippen molar-refractivity contribution in [3.63, 3.8) is 0 Å². The number of aromatic nitrogens is 2. The van der Waals surface area contributed by atoms with Crippen molar-refractivity contribution < 1.29 is 18.3 Å². The van der Waals surface area contributed by atoms with E-state index in [1.165, 1.54) is 18.2 Å². The van der Waals surface area contributed by atoms with Crippen molar-refractivity contribution in [1.29, 1.82) is 0 Å². The van der Waals surface area contributed by atoms with Crippen molar-refractivity contribution in [2.45, 2.75) is 18.7 Å². The van der Waals surface area contributed by atoms with Crippen LogP contribution in [0.1, 0.15) is 18.1 Å². The van der Waals surface area contributed by atoms with Gasteiger partial charge in [-0.3, -0.25) is 0 Å². The lowest BCUT2D eigenvalue weighted by atomic mass is 10.1. The number of hydrogen-bond donors (Lipinski definition) is 3. The molecule has 1 aromatic heterocycles. The molecule has 3 N–H and O–H groups in total. The number of halogens is 3. The summed E-state index contributed by atoms with van der Waals surface area (Å²) in [6.07, 6.45) is -7.37. The molecular formula is C10H9F3N2O2. The van der Waals surface area contributed by atoms with Crippen LogP contribution in [0.3, 0.4) is 0 Å². The minimum atomic E-state index is -4.43. The summed E-state index contributed by atoms with van der Waals surface area (Å²) < 4.78 is 36.3. The fourth-order valence-corrected chi connectivity index (χ4v) is 1.59. The van der Waals surface area contributed by atoms with Gasteiger partial charge in [-0.05, 0) is 17.7 Å². The topological polar surface area (TPSA) is 68.9 Å². The Hall–Kier alpha value is -1.76. The van der Waals surface area contributed by atoms with E-state index in [4.69, 9.17) is 0 Å². The number of imidazole rings is 1. The molecule has 0 saturated carbocycles. The first-order valence-corrected chi connectivity index (χ1v) is 4.82. The molecule has 1 unspecified atom stereocenters. The summed E-state index contributed by atoms with van der Waals surface area (Å²) >= 11 is 0. The van der Waals surface area contributed by atoms with Crippen LogP contribution in [0, 0.1) is 0 Å². The maximum atomic E-state index is 12.1. The maximum Gasteiger partial charge on any atom is 0.391 e. The number of nitrogens with one attached hydrogen (secondary N) is 2. The van der Waals surface area contributed by atoms with Crippen LogP contribution < -0.4 is 5.69 Å². The fourth-order valence-electron chi connectivity index (χ4n) is 1.59. The molecule has 92 valence electrons. The Morgan fingerprint density at radius 2 is 1.88 bits per heavy atom. The third-order valence-electron chi connectivity index (χ3n) is 2.35. The molecule has 17 heavy (non-hydrogen) atoms. The van der Waals surface area contributed by atoms with Gasteiger partial charge >= 0.3 is 11.9 Å². The molecule has 7 heteroatoms. The van der Waals surface area contributed by atoms with Crippen LogP contribution in [0.4, 0.5) is 13.2 Å². The van der Waals surface area contributed by atoms with Gasteiger partial charge < -0.3 is 15.1 Å². The van der Waals surface area contributed by atoms with Gasteiger partial charge in [0, 0.05) is 0 Å². The summed E-state index contributed by atoms with van der Waals surface area (Å²) in [5, 5.41) is 9.40. The standard InChI is InChI=1S/C10H9F3N2O2/c11-10(12,13)4-8(16)5-1-2-6-7(3-5)15-9(17)14-6/h1-3,8,16H,4H2,(H2,14,15,17). The molecule has 0 bridgehead atoms. The summed E-state index contributed by atoms with van der Waals surface area (Å²) in [5.41, 5.74) is 0.527. The van der Waals surface area contributed by atoms with E-state index in [1.807, 2.05) is 0 Å². The Labute approximate surface area is 93.1 Å². The number of benzene rings is 1. The normalized spacial score (nSPS) is 14.1. The van der Waals surface area contributed by atoms with Crippen molar-refractivity contribution in [3.8, 4) is 0 Å². The lowest BCUT2D eigenvalue weighted by Gasteiger charge is -2.13. The Balaban J connectivity index is 2.32. The molecule has 0 aliphatic heterocycles. The van der Waals surface area contributed by atoms with Gasteiger partial charge in [-0.1, -0.05) is 6.07 Å². The van der Waals surface area contributed by atoms with Gasteiger partial charge in [0.05, 0.1) is 23.6 Å². The van der Waals surface area contributed by atoms with Crippen LogP contribution in [0.2, 0.25) is 0 Å². The van der Waals surface area contributed by atoms with Crippen LogP contribution in [0.5, 0.6) is 0 Å². The van der Waals surface area contributed by atoms with E-state index < -0.39 is 24.4 Å². The van der Waals surface area contributed by atoms with Gasteiger partial charge in [-0.25, -0.2) is 4.79 Å². The molecule has 2 aromatic rings. The summed E-state index contributed by atoms with van der Waals surface area (Å²) in [4.78, 5) is 15.8. The summed E-state index contributed by atoms with van der Waals surface area (Å²) in [7, 11) is 0. The number of H-pyrrole nitrogens is 2. The number of aliphatic hydroxyl groups excluding tert-OH is 1. The number of alkyl halides is 3. The van der Waals surface area contributed by atoms with Crippen molar-refractivity contribution in [2.75, 3.05) is 0 Å². The van der Waals surface area contributed by atoms with Crippen molar-refractivity contribution in [3.05, 3.63) is 34.2 Å². The Bertz CT molecular complexity index is 585. The Morgan fingerprint density at radius 1 is 1.24 bits per heavy atom. The highest BCUT2D eigenvalue weighted by Gasteiger charge is 2.31. The van der Waals surface area contributed by atoms with Crippen molar-refractivity contribution >= 4 is 11.0 Å². The monoisotopic (exact) mass is 246 g/mol. The molecule has 0 fully saturated rings. The zero-order chi connectivity index (χ0) is 12.6. The Morgan fingerprint density at radius 3 is 2.53 bits per heavy atom. The molecule has 0 saturated heterocycles. The summed E-state index contributed by atoms with van der Waals surface area (Å²) in [6, 6.07) is 4.12. The largest absolute Gasteiger partial charge is 0.391 e. The van der Waals surface area contributed by atoms with E-state index >= 15 is 0 Å². The average molecular weight is 246 g/mol. The van der Waals surface area contributed by atoms with Crippen molar-refractivity contribution in [2.24, 2.45) is 0 Å². The molecule has 1 atom stereocenters. The summed E-state index contributed by atoms with van der Waals surface area (Å²) in [6.45, 7) is 0. The number of fused-ring (bicyclic) bond motifs is 1. The van der Waals surface area contributed by atoms with E-state index in [9.17, 15) is 23.1 Å². The predicted molar refractivity (Wildman–Crippen MR) is 54.6 cm³/mol. The second-order valence-electron chi connectivity index (χ2n) is 3.72. The van der Waals surface area contributed by atoms with E-state index in [0.717, 1.165) is 0 Å². The Kier molecular flexibility index (Phi) is 2.70. The minimum Gasteiger partial charge on any atom is -0.388 e. The van der Waals surface area contributed by atoms with Gasteiger partial charge in [0.2, 0.25) is 0 Å². The third-order valence-corrected chi connectivity index (χ3v) is 2.35. The smallest absolute Gasteiger partial charge is 0.388 e. The molecule has 0 spiro atoms. The summed E-state index contributed by atoms with van der Waals surface area (Å²) in [5.74, 6) is 0. The third kappa shape index (κ3) is 2.68. The number of aliphatic hydroxyl groups is 1. The second kappa shape index (κ2) is 3.92. The molecule has 1 aromatic carbocycles. The average Bonchev–Trinajstić information content (AvgIpc) is 2.53. The van der Waals surface area contributed by atoms with Crippen LogP contribution in [0.25, 0.3) is 11.0 Å². The van der Waals surface area contributed by atoms with Crippen LogP contribution in [-0.4, -0.2) is 21.3 Å². The fraction of sp³-hybridized carbons (Fsp3) is 0.300. The zero-order valence-corrected chi connectivity index (χ0v) is 8.51. The molecule has 0 aliphatic carbocycles. The molecule has 2 rings (SSSR count). The molecule has 4 nitrogen and oxygen atoms in total. The lowest BCUT2D eigenvalue weighted by molar-refractivity contribution is -0.154. The highest BCUT2D eigenvalue weighted by Crippen LogP contribution is 2.29. The molecule has 1 heterocycles. The van der Waals surface area contributed by atoms with Gasteiger partial charge in [0.25, 0.3) is 0 Å². The molecule has 0 amide bonds. The zero-order valence-electron chi connectivity index (χ0n) is 8.51. The molecule has 0 aliphatic rings. The van der Waals surface area contributed by atoms with Crippen LogP contribution >= 0.6 is 0 Å². The molecular weight excluding hydrogens is 237 g/mol. The highest BCUT2D eigenvalue weighted by molar-refractivity contribution is 5.75. The van der Waals surface area contributed by atoms with Gasteiger partial charge in [-0.15, -0.1) is 0 Å². The molecule has 0 radical (unpaired) electrons. The maximum absolute atomic E-state index is 12.1. The van der Waals surface area contributed by atoms with Crippen molar-refractivity contribution in [1.82, 2.24) is 9.97 Å². The van der Waals surface area contributed by atoms with E-state index in [0.29, 0.717) is 11.0 Å². The van der Waals surface area contributed by atoms with E-state index in [2.05, 4.69) is 9.97 Å². The minimum absolute atomic E-state index is 0.116. The highest BCUT2D eigenvalue weighted by atomic mass is 19.4. The first-order chi connectivity index (χ1) is 7.85. The first kappa shape index (κ1) is 11.7. The predicted octanol–water partition coefficient (Wildman–Crippen LogP) is 1.84. The first-order valence-electron chi connectivity index (χ1n) is 4.82. The van der Waals surface area contributed by atoms with Gasteiger partial charge in [0.1, 0.15) is 0 Å². The SMILES string of the molecule is O=c1[nH]c2ccc(C(O)CC(F)(F)F)cc2[nH]1. The number of aromatic amines is 2. The van der Waals surface area contributed by atoms with E-state index in [1.54, 1.807) is 0 Å². The lowest BCUT2D eigenvalue weighted by Crippen LogP contribution is -2.13. The quantitative estimate of drug-likeness (QED) is 0.756. The van der Waals surface area contributed by atoms with Crippen LogP contribution in [-0.2, 0) is 0 Å². The number of rotatable bonds is 2.